The smallest absolute Gasteiger partial charge is 0.126 e. The molecule has 0 aromatic carbocycles. The van der Waals surface area contributed by atoms with Crippen molar-refractivity contribution in [2.24, 2.45) is 0 Å². The largest absolute Gasteiger partial charge is 0.512 e. The molecule has 1 aliphatic rings. The zero-order valence-corrected chi connectivity index (χ0v) is 21.9. The number of aliphatic hydroxyl groups excluding tert-OH is 1. The number of nitrogens with zero attached hydrogens (tertiary/aromatic N) is 4. The summed E-state index contributed by atoms with van der Waals surface area (Å²) in [4.78, 5) is 14.5. The van der Waals surface area contributed by atoms with Gasteiger partial charge >= 0.3 is 0 Å². The molecule has 0 saturated heterocycles. The van der Waals surface area contributed by atoms with Gasteiger partial charge in [0.05, 0.1) is 28.2 Å². The fourth-order valence-corrected chi connectivity index (χ4v) is 5.27. The van der Waals surface area contributed by atoms with Gasteiger partial charge in [0.1, 0.15) is 5.54 Å². The lowest BCUT2D eigenvalue weighted by Crippen LogP contribution is -2.34. The molecular formula is C32H31N5O. The summed E-state index contributed by atoms with van der Waals surface area (Å²) in [6.07, 6.45) is 15.5. The van der Waals surface area contributed by atoms with E-state index in [1.165, 1.54) is 11.1 Å². The first kappa shape index (κ1) is 25.1. The minimum atomic E-state index is -0.755. The highest BCUT2D eigenvalue weighted by Gasteiger charge is 2.36. The maximum Gasteiger partial charge on any atom is 0.126 e. The summed E-state index contributed by atoms with van der Waals surface area (Å²) in [5.74, 6) is 0.0891. The van der Waals surface area contributed by atoms with Gasteiger partial charge in [-0.05, 0) is 75.1 Å². The zero-order chi connectivity index (χ0) is 26.9. The molecule has 0 saturated carbocycles. The third-order valence-corrected chi connectivity index (χ3v) is 7.26. The Bertz CT molecular complexity index is 1580. The van der Waals surface area contributed by atoms with Gasteiger partial charge < -0.3 is 15.1 Å². The van der Waals surface area contributed by atoms with Crippen molar-refractivity contribution in [3.05, 3.63) is 126 Å². The molecule has 0 bridgehead atoms. The first-order valence-electron chi connectivity index (χ1n) is 12.7. The minimum Gasteiger partial charge on any atom is -0.512 e. The number of hydrogen-bond acceptors (Lipinski definition) is 5. The number of fused-ring (bicyclic) bond motifs is 1. The maximum absolute atomic E-state index is 10.4. The molecule has 6 heteroatoms. The molecule has 190 valence electrons. The Hall–Kier alpha value is -4.58. The van der Waals surface area contributed by atoms with Gasteiger partial charge in [0.15, 0.2) is 0 Å². The van der Waals surface area contributed by atoms with Crippen LogP contribution in [0.1, 0.15) is 56.1 Å². The number of pyridine rings is 3. The molecule has 4 heterocycles. The van der Waals surface area contributed by atoms with E-state index in [0.717, 1.165) is 40.8 Å². The average molecular weight is 502 g/mol. The van der Waals surface area contributed by atoms with Gasteiger partial charge in [0.25, 0.3) is 0 Å². The minimum absolute atomic E-state index is 0.0891. The van der Waals surface area contributed by atoms with Crippen LogP contribution in [0.4, 0.5) is 0 Å². The summed E-state index contributed by atoms with van der Waals surface area (Å²) in [6.45, 7) is 9.31. The molecule has 4 aromatic heterocycles. The molecule has 0 atom stereocenters. The van der Waals surface area contributed by atoms with Crippen LogP contribution in [-0.2, 0) is 5.54 Å². The Kier molecular flexibility index (Phi) is 6.64. The van der Waals surface area contributed by atoms with Crippen molar-refractivity contribution in [2.45, 2.75) is 39.2 Å². The van der Waals surface area contributed by atoms with Crippen molar-refractivity contribution in [2.75, 3.05) is 0 Å². The fourth-order valence-electron chi connectivity index (χ4n) is 5.27. The number of aromatic nitrogens is 4. The Morgan fingerprint density at radius 3 is 2.21 bits per heavy atom. The summed E-state index contributed by atoms with van der Waals surface area (Å²) in [5, 5.41) is 18.7. The number of aliphatic hydroxyl groups is 1. The van der Waals surface area contributed by atoms with Gasteiger partial charge in [-0.25, -0.2) is 0 Å². The molecule has 4 aromatic rings. The molecule has 0 spiro atoms. The highest BCUT2D eigenvalue weighted by molar-refractivity contribution is 6.22. The van der Waals surface area contributed by atoms with E-state index >= 15 is 0 Å². The van der Waals surface area contributed by atoms with Crippen molar-refractivity contribution in [3.8, 4) is 0 Å². The molecular weight excluding hydrogens is 470 g/mol. The first-order valence-corrected chi connectivity index (χ1v) is 12.7. The van der Waals surface area contributed by atoms with Gasteiger partial charge in [0, 0.05) is 47.2 Å². The van der Waals surface area contributed by atoms with Crippen molar-refractivity contribution < 1.29 is 5.11 Å². The van der Waals surface area contributed by atoms with Crippen LogP contribution >= 0.6 is 0 Å². The van der Waals surface area contributed by atoms with E-state index in [1.54, 1.807) is 32.4 Å². The second-order valence-electron chi connectivity index (χ2n) is 9.73. The molecule has 0 amide bonds. The van der Waals surface area contributed by atoms with Crippen LogP contribution in [0.3, 0.4) is 0 Å². The Labute approximate surface area is 222 Å². The molecule has 38 heavy (non-hydrogen) atoms. The average Bonchev–Trinajstić information content (AvgIpc) is 3.32. The summed E-state index contributed by atoms with van der Waals surface area (Å²) in [6, 6.07) is 13.8. The van der Waals surface area contributed by atoms with E-state index in [0.29, 0.717) is 11.1 Å². The zero-order valence-electron chi connectivity index (χ0n) is 21.9. The van der Waals surface area contributed by atoms with E-state index in [4.69, 9.17) is 20.4 Å². The van der Waals surface area contributed by atoms with E-state index < -0.39 is 5.54 Å². The first-order chi connectivity index (χ1) is 18.3. The second-order valence-corrected chi connectivity index (χ2v) is 9.73. The molecule has 6 nitrogen and oxygen atoms in total. The van der Waals surface area contributed by atoms with Crippen LogP contribution in [0.5, 0.6) is 0 Å². The molecule has 0 fully saturated rings. The highest BCUT2D eigenvalue weighted by atomic mass is 16.3. The van der Waals surface area contributed by atoms with E-state index in [-0.39, 0.29) is 11.5 Å². The third kappa shape index (κ3) is 4.28. The van der Waals surface area contributed by atoms with Crippen LogP contribution in [-0.4, -0.2) is 30.3 Å². The van der Waals surface area contributed by atoms with Crippen molar-refractivity contribution in [3.63, 3.8) is 0 Å². The van der Waals surface area contributed by atoms with Crippen LogP contribution < -0.4 is 0 Å². The topological polar surface area (TPSA) is 87.7 Å². The van der Waals surface area contributed by atoms with Gasteiger partial charge in [-0.2, -0.15) is 0 Å². The Morgan fingerprint density at radius 1 is 1.03 bits per heavy atom. The van der Waals surface area contributed by atoms with E-state index in [9.17, 15) is 5.11 Å². The number of allylic oxidation sites excluding steroid dienone is 7. The quantitative estimate of drug-likeness (QED) is 0.206. The summed E-state index contributed by atoms with van der Waals surface area (Å²) in [5.41, 5.74) is 7.55. The normalized spacial score (nSPS) is 14.5. The van der Waals surface area contributed by atoms with E-state index in [2.05, 4.69) is 36.4 Å². The molecule has 0 aliphatic heterocycles. The Morgan fingerprint density at radius 2 is 1.71 bits per heavy atom. The van der Waals surface area contributed by atoms with Gasteiger partial charge in [-0.3, -0.25) is 15.0 Å². The highest BCUT2D eigenvalue weighted by Crippen LogP contribution is 2.40. The van der Waals surface area contributed by atoms with Crippen molar-refractivity contribution in [1.82, 2.24) is 19.5 Å². The third-order valence-electron chi connectivity index (χ3n) is 7.26. The summed E-state index contributed by atoms with van der Waals surface area (Å²) >= 11 is 0. The summed E-state index contributed by atoms with van der Waals surface area (Å²) in [7, 11) is 0. The SMILES string of the molecule is C=CC1=CC=C(c2cn(C(C)(c3ccccn3)c3ccccn3)c3cc(/C(C(C)=N)=C(\C)O)cnc23)CC1. The number of rotatable bonds is 7. The lowest BCUT2D eigenvalue weighted by Gasteiger charge is -2.31. The van der Waals surface area contributed by atoms with Crippen molar-refractivity contribution in [1.29, 1.82) is 5.41 Å². The number of hydrogen-bond donors (Lipinski definition) is 2. The predicted molar refractivity (Wildman–Crippen MR) is 154 cm³/mol. The molecule has 2 N–H and O–H groups in total. The fraction of sp³-hybridized carbons (Fsp3) is 0.188. The molecule has 0 radical (unpaired) electrons. The lowest BCUT2D eigenvalue weighted by atomic mass is 9.91. The Balaban J connectivity index is 1.86. The standard InChI is InChI=1S/C32H31N5O/c1-5-23-12-14-24(15-13-23)26-20-37(27-18-25(19-36-31(26)27)30(21(2)33)22(3)38)32(4,28-10-6-8-16-34-28)29-11-7-9-17-35-29/h5-12,14,16-20,33,38H,1,13,15H2,2-4H3/b30-22+,33-21?. The van der Waals surface area contributed by atoms with Crippen molar-refractivity contribution >= 4 is 27.9 Å². The van der Waals surface area contributed by atoms with E-state index in [1.807, 2.05) is 48.5 Å². The van der Waals surface area contributed by atoms with Gasteiger partial charge in [-0.15, -0.1) is 0 Å². The van der Waals surface area contributed by atoms with Gasteiger partial charge in [-0.1, -0.05) is 36.9 Å². The summed E-state index contributed by atoms with van der Waals surface area (Å²) < 4.78 is 2.19. The molecule has 0 unspecified atom stereocenters. The molecule has 5 rings (SSSR count). The molecule has 1 aliphatic carbocycles. The maximum atomic E-state index is 10.4. The van der Waals surface area contributed by atoms with Crippen LogP contribution in [0.25, 0.3) is 22.2 Å². The van der Waals surface area contributed by atoms with Crippen LogP contribution in [0, 0.1) is 5.41 Å². The second kappa shape index (κ2) is 10.1. The van der Waals surface area contributed by atoms with Gasteiger partial charge in [0.2, 0.25) is 0 Å². The lowest BCUT2D eigenvalue weighted by molar-refractivity contribution is 0.418. The number of nitrogens with one attached hydrogen (secondary N) is 1. The van der Waals surface area contributed by atoms with Crippen LogP contribution in [0.15, 0.2) is 103 Å². The van der Waals surface area contributed by atoms with Crippen LogP contribution in [0.2, 0.25) is 0 Å². The predicted octanol–water partition coefficient (Wildman–Crippen LogP) is 7.26. The monoisotopic (exact) mass is 501 g/mol.